The van der Waals surface area contributed by atoms with Crippen LogP contribution in [0.2, 0.25) is 0 Å². The number of likely N-dealkylation sites (tertiary alicyclic amines) is 1. The molecule has 0 saturated carbocycles. The van der Waals surface area contributed by atoms with E-state index < -0.39 is 15.9 Å². The molecule has 0 aromatic heterocycles. The minimum absolute atomic E-state index is 0.0115. The third kappa shape index (κ3) is 3.14. The van der Waals surface area contributed by atoms with Crippen molar-refractivity contribution in [2.45, 2.75) is 51.2 Å². The SMILES string of the molecule is CC(C)N1C(=O)CC(NC2CCS(=O)(=O)CC2)C1=O. The normalized spacial score (nSPS) is 28.4. The van der Waals surface area contributed by atoms with Crippen molar-refractivity contribution in [1.29, 1.82) is 0 Å². The lowest BCUT2D eigenvalue weighted by Crippen LogP contribution is -2.47. The number of nitrogens with zero attached hydrogens (tertiary/aromatic N) is 1. The highest BCUT2D eigenvalue weighted by atomic mass is 32.2. The van der Waals surface area contributed by atoms with E-state index in [0.29, 0.717) is 12.8 Å². The van der Waals surface area contributed by atoms with Gasteiger partial charge in [-0.25, -0.2) is 8.42 Å². The first-order valence-electron chi connectivity index (χ1n) is 6.62. The van der Waals surface area contributed by atoms with Crippen molar-refractivity contribution < 1.29 is 18.0 Å². The molecule has 0 bridgehead atoms. The Morgan fingerprint density at radius 1 is 1.21 bits per heavy atom. The fourth-order valence-electron chi connectivity index (χ4n) is 2.66. The molecule has 0 aromatic carbocycles. The van der Waals surface area contributed by atoms with Crippen LogP contribution in [-0.4, -0.2) is 54.8 Å². The molecule has 0 spiro atoms. The Kier molecular flexibility index (Phi) is 3.96. The molecule has 2 aliphatic heterocycles. The van der Waals surface area contributed by atoms with Crippen LogP contribution >= 0.6 is 0 Å². The van der Waals surface area contributed by atoms with Crippen LogP contribution in [0.15, 0.2) is 0 Å². The minimum atomic E-state index is -2.90. The summed E-state index contributed by atoms with van der Waals surface area (Å²) in [4.78, 5) is 25.1. The summed E-state index contributed by atoms with van der Waals surface area (Å²) < 4.78 is 22.7. The molecule has 0 aromatic rings. The van der Waals surface area contributed by atoms with Crippen LogP contribution in [0.3, 0.4) is 0 Å². The summed E-state index contributed by atoms with van der Waals surface area (Å²) in [5.41, 5.74) is 0. The molecule has 2 saturated heterocycles. The first-order valence-corrected chi connectivity index (χ1v) is 8.44. The highest BCUT2D eigenvalue weighted by Crippen LogP contribution is 2.19. The number of hydrogen-bond donors (Lipinski definition) is 1. The maximum absolute atomic E-state index is 12.1. The number of rotatable bonds is 3. The van der Waals surface area contributed by atoms with Crippen molar-refractivity contribution in [2.24, 2.45) is 0 Å². The predicted octanol–water partition coefficient (Wildman–Crippen LogP) is -0.311. The van der Waals surface area contributed by atoms with Crippen LogP contribution in [0, 0.1) is 0 Å². The Labute approximate surface area is 113 Å². The number of imide groups is 1. The second-order valence-corrected chi connectivity index (χ2v) is 7.85. The molecule has 1 unspecified atom stereocenters. The average Bonchev–Trinajstić information content (AvgIpc) is 2.57. The summed E-state index contributed by atoms with van der Waals surface area (Å²) in [6, 6.07) is -0.600. The number of hydrogen-bond acceptors (Lipinski definition) is 5. The summed E-state index contributed by atoms with van der Waals surface area (Å²) >= 11 is 0. The van der Waals surface area contributed by atoms with Gasteiger partial charge in [-0.15, -0.1) is 0 Å². The van der Waals surface area contributed by atoms with Gasteiger partial charge in [0.05, 0.1) is 24.0 Å². The summed E-state index contributed by atoms with van der Waals surface area (Å²) in [7, 11) is -2.90. The van der Waals surface area contributed by atoms with Gasteiger partial charge in [0.1, 0.15) is 9.84 Å². The van der Waals surface area contributed by atoms with E-state index in [9.17, 15) is 18.0 Å². The first-order chi connectivity index (χ1) is 8.80. The number of amides is 2. The Morgan fingerprint density at radius 3 is 2.26 bits per heavy atom. The van der Waals surface area contributed by atoms with Crippen LogP contribution in [0.5, 0.6) is 0 Å². The monoisotopic (exact) mass is 288 g/mol. The average molecular weight is 288 g/mol. The van der Waals surface area contributed by atoms with Crippen molar-refractivity contribution >= 4 is 21.7 Å². The van der Waals surface area contributed by atoms with Crippen molar-refractivity contribution in [2.75, 3.05) is 11.5 Å². The molecule has 2 aliphatic rings. The highest BCUT2D eigenvalue weighted by molar-refractivity contribution is 7.91. The number of sulfone groups is 1. The Morgan fingerprint density at radius 2 is 1.79 bits per heavy atom. The number of carbonyl (C=O) groups is 2. The summed E-state index contributed by atoms with van der Waals surface area (Å²) in [5.74, 6) is -0.0183. The number of carbonyl (C=O) groups excluding carboxylic acids is 2. The van der Waals surface area contributed by atoms with Gasteiger partial charge < -0.3 is 5.32 Å². The molecule has 2 fully saturated rings. The molecule has 0 radical (unpaired) electrons. The molecule has 1 atom stereocenters. The minimum Gasteiger partial charge on any atom is -0.303 e. The Balaban J connectivity index is 1.95. The molecule has 1 N–H and O–H groups in total. The third-order valence-corrected chi connectivity index (χ3v) is 5.41. The van der Waals surface area contributed by atoms with E-state index in [1.807, 2.05) is 13.8 Å². The van der Waals surface area contributed by atoms with E-state index in [0.717, 1.165) is 0 Å². The molecular formula is C12H20N2O4S. The van der Waals surface area contributed by atoms with Crippen LogP contribution in [0.1, 0.15) is 33.1 Å². The van der Waals surface area contributed by atoms with Crippen LogP contribution in [0.25, 0.3) is 0 Å². The summed E-state index contributed by atoms with van der Waals surface area (Å²) in [6.45, 7) is 3.62. The van der Waals surface area contributed by atoms with Gasteiger partial charge in [-0.05, 0) is 26.7 Å². The van der Waals surface area contributed by atoms with Gasteiger partial charge in [0.15, 0.2) is 0 Å². The number of nitrogens with one attached hydrogen (secondary N) is 1. The third-order valence-electron chi connectivity index (χ3n) is 3.69. The van der Waals surface area contributed by atoms with E-state index in [4.69, 9.17) is 0 Å². The van der Waals surface area contributed by atoms with Crippen LogP contribution < -0.4 is 5.32 Å². The molecule has 2 heterocycles. The molecular weight excluding hydrogens is 268 g/mol. The topological polar surface area (TPSA) is 83.6 Å². The predicted molar refractivity (Wildman–Crippen MR) is 70.2 cm³/mol. The van der Waals surface area contributed by atoms with Crippen molar-refractivity contribution in [3.8, 4) is 0 Å². The molecule has 6 nitrogen and oxygen atoms in total. The van der Waals surface area contributed by atoms with Gasteiger partial charge >= 0.3 is 0 Å². The maximum atomic E-state index is 12.1. The lowest BCUT2D eigenvalue weighted by Gasteiger charge is -2.26. The van der Waals surface area contributed by atoms with Crippen molar-refractivity contribution in [1.82, 2.24) is 10.2 Å². The summed E-state index contributed by atoms with van der Waals surface area (Å²) in [5, 5.41) is 3.14. The van der Waals surface area contributed by atoms with Gasteiger partial charge in [-0.2, -0.15) is 0 Å². The standard InChI is InChI=1S/C12H20N2O4S/c1-8(2)14-11(15)7-10(12(14)16)13-9-3-5-19(17,18)6-4-9/h8-10,13H,3-7H2,1-2H3. The largest absolute Gasteiger partial charge is 0.303 e. The molecule has 7 heteroatoms. The second-order valence-electron chi connectivity index (χ2n) is 5.55. The van der Waals surface area contributed by atoms with E-state index in [1.165, 1.54) is 4.90 Å². The van der Waals surface area contributed by atoms with E-state index >= 15 is 0 Å². The second kappa shape index (κ2) is 5.20. The van der Waals surface area contributed by atoms with Gasteiger partial charge in [0.2, 0.25) is 11.8 Å². The fraction of sp³-hybridized carbons (Fsp3) is 0.833. The zero-order valence-electron chi connectivity index (χ0n) is 11.3. The first kappa shape index (κ1) is 14.5. The van der Waals surface area contributed by atoms with E-state index in [-0.39, 0.29) is 41.8 Å². The Bertz CT molecular complexity index is 472. The molecule has 108 valence electrons. The lowest BCUT2D eigenvalue weighted by atomic mass is 10.1. The quantitative estimate of drug-likeness (QED) is 0.720. The summed E-state index contributed by atoms with van der Waals surface area (Å²) in [6.07, 6.45) is 1.21. The lowest BCUT2D eigenvalue weighted by molar-refractivity contribution is -0.140. The zero-order valence-corrected chi connectivity index (χ0v) is 12.1. The zero-order chi connectivity index (χ0) is 14.2. The van der Waals surface area contributed by atoms with Crippen LogP contribution in [0.4, 0.5) is 0 Å². The van der Waals surface area contributed by atoms with Gasteiger partial charge in [0, 0.05) is 12.1 Å². The smallest absolute Gasteiger partial charge is 0.247 e. The van der Waals surface area contributed by atoms with Gasteiger partial charge in [-0.1, -0.05) is 0 Å². The molecule has 2 rings (SSSR count). The van der Waals surface area contributed by atoms with Gasteiger partial charge in [-0.3, -0.25) is 14.5 Å². The molecule has 19 heavy (non-hydrogen) atoms. The van der Waals surface area contributed by atoms with E-state index in [2.05, 4.69) is 5.32 Å². The Hall–Kier alpha value is -0.950. The molecule has 0 aliphatic carbocycles. The fourth-order valence-corrected chi connectivity index (χ4v) is 4.16. The van der Waals surface area contributed by atoms with Crippen molar-refractivity contribution in [3.05, 3.63) is 0 Å². The van der Waals surface area contributed by atoms with E-state index in [1.54, 1.807) is 0 Å². The van der Waals surface area contributed by atoms with Crippen LogP contribution in [-0.2, 0) is 19.4 Å². The highest BCUT2D eigenvalue weighted by Gasteiger charge is 2.41. The van der Waals surface area contributed by atoms with Crippen molar-refractivity contribution in [3.63, 3.8) is 0 Å². The van der Waals surface area contributed by atoms with Gasteiger partial charge in [0.25, 0.3) is 0 Å². The maximum Gasteiger partial charge on any atom is 0.247 e. The molecule has 2 amide bonds.